The third kappa shape index (κ3) is 1.68. The van der Waals surface area contributed by atoms with E-state index in [2.05, 4.69) is 9.98 Å². The van der Waals surface area contributed by atoms with Gasteiger partial charge in [0, 0.05) is 0 Å². The van der Waals surface area contributed by atoms with Crippen LogP contribution in [0.2, 0.25) is 0 Å². The van der Waals surface area contributed by atoms with Crippen LogP contribution in [-0.2, 0) is 4.79 Å². The second-order valence-electron chi connectivity index (χ2n) is 3.18. The standard InChI is InChI=1S/C8H12N4O2/c13-8(14)5-7-10-2-4-12(7)11-3-1-9-6-11/h6H,1-5H2,(H,13,14). The van der Waals surface area contributed by atoms with Gasteiger partial charge in [-0.05, 0) is 0 Å². The number of aliphatic carboxylic acids is 1. The normalized spacial score (nSPS) is 20.4. The summed E-state index contributed by atoms with van der Waals surface area (Å²) in [4.78, 5) is 18.8. The fourth-order valence-electron chi connectivity index (χ4n) is 1.60. The van der Waals surface area contributed by atoms with Gasteiger partial charge in [-0.25, -0.2) is 0 Å². The molecule has 0 radical (unpaired) electrons. The summed E-state index contributed by atoms with van der Waals surface area (Å²) in [5, 5.41) is 12.5. The third-order valence-corrected chi connectivity index (χ3v) is 2.20. The molecule has 0 spiro atoms. The molecule has 0 bridgehead atoms. The number of hydrogen-bond acceptors (Lipinski definition) is 5. The molecule has 0 aliphatic carbocycles. The van der Waals surface area contributed by atoms with Crippen molar-refractivity contribution in [3.8, 4) is 0 Å². The van der Waals surface area contributed by atoms with Gasteiger partial charge in [-0.15, -0.1) is 0 Å². The van der Waals surface area contributed by atoms with Crippen LogP contribution in [0.25, 0.3) is 0 Å². The first-order valence-corrected chi connectivity index (χ1v) is 4.56. The average Bonchev–Trinajstić information content (AvgIpc) is 2.70. The zero-order chi connectivity index (χ0) is 9.97. The number of aliphatic imine (C=N–C) groups is 2. The largest absolute Gasteiger partial charge is 0.481 e. The molecule has 0 aromatic rings. The lowest BCUT2D eigenvalue weighted by Gasteiger charge is -2.28. The molecule has 0 fully saturated rings. The van der Waals surface area contributed by atoms with Gasteiger partial charge in [-0.3, -0.25) is 24.8 Å². The molecule has 0 aromatic carbocycles. The highest BCUT2D eigenvalue weighted by Gasteiger charge is 2.24. The maximum absolute atomic E-state index is 10.6. The Labute approximate surface area is 81.5 Å². The Morgan fingerprint density at radius 1 is 1.50 bits per heavy atom. The van der Waals surface area contributed by atoms with E-state index in [1.807, 2.05) is 10.0 Å². The smallest absolute Gasteiger partial charge is 0.311 e. The Morgan fingerprint density at radius 3 is 3.00 bits per heavy atom. The second-order valence-corrected chi connectivity index (χ2v) is 3.18. The number of carboxylic acid groups (broad SMARTS) is 1. The number of rotatable bonds is 3. The van der Waals surface area contributed by atoms with E-state index in [1.54, 1.807) is 6.34 Å². The zero-order valence-electron chi connectivity index (χ0n) is 7.76. The molecule has 2 aliphatic heterocycles. The van der Waals surface area contributed by atoms with Crippen molar-refractivity contribution in [3.63, 3.8) is 0 Å². The highest BCUT2D eigenvalue weighted by molar-refractivity contribution is 5.97. The topological polar surface area (TPSA) is 68.5 Å². The van der Waals surface area contributed by atoms with Crippen LogP contribution in [0.1, 0.15) is 6.42 Å². The maximum Gasteiger partial charge on any atom is 0.311 e. The van der Waals surface area contributed by atoms with Crippen molar-refractivity contribution in [1.82, 2.24) is 10.0 Å². The Kier molecular flexibility index (Phi) is 2.34. The number of carboxylic acids is 1. The van der Waals surface area contributed by atoms with Crippen molar-refractivity contribution in [3.05, 3.63) is 0 Å². The van der Waals surface area contributed by atoms with Gasteiger partial charge in [0.1, 0.15) is 18.6 Å². The molecule has 6 nitrogen and oxygen atoms in total. The molecule has 0 saturated heterocycles. The van der Waals surface area contributed by atoms with E-state index >= 15 is 0 Å². The Morgan fingerprint density at radius 2 is 2.36 bits per heavy atom. The molecule has 14 heavy (non-hydrogen) atoms. The molecule has 2 heterocycles. The molecule has 0 aromatic heterocycles. The summed E-state index contributed by atoms with van der Waals surface area (Å²) in [5.74, 6) is -0.211. The summed E-state index contributed by atoms with van der Waals surface area (Å²) in [7, 11) is 0. The van der Waals surface area contributed by atoms with Crippen LogP contribution in [0, 0.1) is 0 Å². The Bertz CT molecular complexity index is 300. The average molecular weight is 196 g/mol. The van der Waals surface area contributed by atoms with E-state index in [-0.39, 0.29) is 6.42 Å². The van der Waals surface area contributed by atoms with Gasteiger partial charge in [0.15, 0.2) is 0 Å². The minimum Gasteiger partial charge on any atom is -0.481 e. The lowest BCUT2D eigenvalue weighted by atomic mass is 10.4. The van der Waals surface area contributed by atoms with Gasteiger partial charge >= 0.3 is 5.97 Å². The Hall–Kier alpha value is -1.59. The van der Waals surface area contributed by atoms with Gasteiger partial charge in [0.05, 0.1) is 26.2 Å². The molecule has 2 aliphatic rings. The highest BCUT2D eigenvalue weighted by atomic mass is 16.4. The van der Waals surface area contributed by atoms with Gasteiger partial charge < -0.3 is 5.11 Å². The number of carbonyl (C=O) groups is 1. The monoisotopic (exact) mass is 196 g/mol. The summed E-state index contributed by atoms with van der Waals surface area (Å²) >= 11 is 0. The Balaban J connectivity index is 2.01. The van der Waals surface area contributed by atoms with E-state index in [1.165, 1.54) is 0 Å². The molecule has 1 N–H and O–H groups in total. The first-order valence-electron chi connectivity index (χ1n) is 4.56. The van der Waals surface area contributed by atoms with Crippen LogP contribution in [0.5, 0.6) is 0 Å². The summed E-state index contributed by atoms with van der Waals surface area (Å²) in [6, 6.07) is 0. The fourth-order valence-corrected chi connectivity index (χ4v) is 1.60. The summed E-state index contributed by atoms with van der Waals surface area (Å²) in [5.41, 5.74) is 0. The van der Waals surface area contributed by atoms with E-state index in [4.69, 9.17) is 5.11 Å². The van der Waals surface area contributed by atoms with Gasteiger partial charge in [-0.1, -0.05) is 0 Å². The third-order valence-electron chi connectivity index (χ3n) is 2.20. The fraction of sp³-hybridized carbons (Fsp3) is 0.625. The molecular weight excluding hydrogens is 184 g/mol. The minimum atomic E-state index is -0.841. The quantitative estimate of drug-likeness (QED) is 0.656. The molecule has 0 amide bonds. The number of nitrogens with zero attached hydrogens (tertiary/aromatic N) is 4. The van der Waals surface area contributed by atoms with Crippen molar-refractivity contribution in [2.75, 3.05) is 26.2 Å². The summed E-state index contributed by atoms with van der Waals surface area (Å²) < 4.78 is 0. The number of hydrogen-bond donors (Lipinski definition) is 1. The molecule has 0 saturated carbocycles. The van der Waals surface area contributed by atoms with E-state index < -0.39 is 5.97 Å². The van der Waals surface area contributed by atoms with Crippen LogP contribution in [0.3, 0.4) is 0 Å². The molecule has 0 unspecified atom stereocenters. The number of amidine groups is 1. The molecule has 6 heteroatoms. The van der Waals surface area contributed by atoms with E-state index in [0.717, 1.165) is 19.6 Å². The summed E-state index contributed by atoms with van der Waals surface area (Å²) in [6.45, 7) is 3.02. The summed E-state index contributed by atoms with van der Waals surface area (Å²) in [6.07, 6.45) is 1.73. The van der Waals surface area contributed by atoms with E-state index in [0.29, 0.717) is 12.4 Å². The molecular formula is C8H12N4O2. The van der Waals surface area contributed by atoms with Crippen LogP contribution in [0.15, 0.2) is 9.98 Å². The minimum absolute atomic E-state index is 0.00958. The van der Waals surface area contributed by atoms with Gasteiger partial charge in [0.2, 0.25) is 0 Å². The SMILES string of the molecule is O=C(O)CC1=NCCN1N1C=NCC1. The lowest BCUT2D eigenvalue weighted by molar-refractivity contribution is -0.135. The van der Waals surface area contributed by atoms with E-state index in [9.17, 15) is 4.79 Å². The molecule has 0 atom stereocenters. The van der Waals surface area contributed by atoms with Crippen molar-refractivity contribution < 1.29 is 9.90 Å². The van der Waals surface area contributed by atoms with Crippen molar-refractivity contribution in [2.24, 2.45) is 9.98 Å². The first kappa shape index (κ1) is 8.98. The predicted octanol–water partition coefficient (Wildman–Crippen LogP) is -0.566. The predicted molar refractivity (Wildman–Crippen MR) is 51.3 cm³/mol. The lowest BCUT2D eigenvalue weighted by Crippen LogP contribution is -2.43. The zero-order valence-corrected chi connectivity index (χ0v) is 7.76. The molecule has 76 valence electrons. The van der Waals surface area contributed by atoms with Crippen LogP contribution in [0.4, 0.5) is 0 Å². The second kappa shape index (κ2) is 3.65. The highest BCUT2D eigenvalue weighted by Crippen LogP contribution is 2.10. The van der Waals surface area contributed by atoms with Crippen molar-refractivity contribution in [2.45, 2.75) is 6.42 Å². The maximum atomic E-state index is 10.6. The van der Waals surface area contributed by atoms with Gasteiger partial charge in [-0.2, -0.15) is 0 Å². The first-order chi connectivity index (χ1) is 6.77. The number of hydrazine groups is 1. The van der Waals surface area contributed by atoms with Gasteiger partial charge in [0.25, 0.3) is 0 Å². The molecule has 2 rings (SSSR count). The van der Waals surface area contributed by atoms with Crippen LogP contribution in [-0.4, -0.2) is 59.4 Å². The van der Waals surface area contributed by atoms with Crippen LogP contribution < -0.4 is 0 Å². The van der Waals surface area contributed by atoms with Crippen molar-refractivity contribution in [1.29, 1.82) is 0 Å². The van der Waals surface area contributed by atoms with Crippen LogP contribution >= 0.6 is 0 Å². The van der Waals surface area contributed by atoms with Crippen molar-refractivity contribution >= 4 is 18.1 Å².